The second kappa shape index (κ2) is 4.99. The van der Waals surface area contributed by atoms with Crippen LogP contribution in [-0.2, 0) is 34.8 Å². The van der Waals surface area contributed by atoms with Crippen molar-refractivity contribution in [3.8, 4) is 0 Å². The van der Waals surface area contributed by atoms with Gasteiger partial charge >= 0.3 is 0 Å². The van der Waals surface area contributed by atoms with E-state index in [0.29, 0.717) is 19.4 Å². The van der Waals surface area contributed by atoms with Crippen LogP contribution in [-0.4, -0.2) is 33.9 Å². The fourth-order valence-corrected chi connectivity index (χ4v) is 3.71. The van der Waals surface area contributed by atoms with Gasteiger partial charge in [-0.1, -0.05) is 5.21 Å². The molecule has 0 bridgehead atoms. The van der Waals surface area contributed by atoms with Crippen LogP contribution in [0.2, 0.25) is 0 Å². The van der Waals surface area contributed by atoms with Gasteiger partial charge < -0.3 is 4.57 Å². The van der Waals surface area contributed by atoms with Gasteiger partial charge in [0.15, 0.2) is 5.03 Å². The minimum Gasteiger partial charge on any atom is -0.340 e. The smallest absolute Gasteiger partial charge is 0.279 e. The number of sulfonamides is 1. The van der Waals surface area contributed by atoms with Gasteiger partial charge in [-0.25, -0.2) is 9.40 Å². The van der Waals surface area contributed by atoms with Crippen LogP contribution < -0.4 is 4.72 Å². The van der Waals surface area contributed by atoms with E-state index in [2.05, 4.69) is 15.0 Å². The first-order chi connectivity index (χ1) is 9.97. The summed E-state index contributed by atoms with van der Waals surface area (Å²) in [6.07, 6.45) is 4.21. The lowest BCUT2D eigenvalue weighted by molar-refractivity contribution is -0.123. The molecule has 1 N–H and O–H groups in total. The van der Waals surface area contributed by atoms with Gasteiger partial charge in [-0.3, -0.25) is 4.79 Å². The molecule has 1 aliphatic rings. The lowest BCUT2D eigenvalue weighted by Gasteiger charge is -2.21. The van der Waals surface area contributed by atoms with Crippen molar-refractivity contribution in [2.24, 2.45) is 13.0 Å². The van der Waals surface area contributed by atoms with Gasteiger partial charge in [0.1, 0.15) is 0 Å². The molecule has 0 saturated carbocycles. The quantitative estimate of drug-likeness (QED) is 0.838. The maximum absolute atomic E-state index is 12.2. The van der Waals surface area contributed by atoms with Crippen molar-refractivity contribution in [1.29, 1.82) is 0 Å². The van der Waals surface area contributed by atoms with E-state index in [1.807, 2.05) is 0 Å². The molecule has 0 saturated heterocycles. The maximum Gasteiger partial charge on any atom is 0.279 e. The van der Waals surface area contributed by atoms with Gasteiger partial charge in [0.25, 0.3) is 10.0 Å². The number of carbonyl (C=O) groups is 1. The van der Waals surface area contributed by atoms with E-state index in [1.54, 1.807) is 30.2 Å². The highest BCUT2D eigenvalue weighted by Crippen LogP contribution is 2.20. The van der Waals surface area contributed by atoms with Crippen LogP contribution in [0.1, 0.15) is 12.1 Å². The Morgan fingerprint density at radius 3 is 3.00 bits per heavy atom. The molecule has 1 aliphatic heterocycles. The Bertz CT molecular complexity index is 776. The van der Waals surface area contributed by atoms with Crippen molar-refractivity contribution in [2.75, 3.05) is 0 Å². The summed E-state index contributed by atoms with van der Waals surface area (Å²) in [6, 6.07) is 3.07. The summed E-state index contributed by atoms with van der Waals surface area (Å²) in [4.78, 5) is 12.2. The van der Waals surface area contributed by atoms with E-state index >= 15 is 0 Å². The molecular formula is C12H15N5O3S. The molecule has 0 aromatic carbocycles. The largest absolute Gasteiger partial charge is 0.340 e. The molecule has 0 spiro atoms. The molecule has 0 radical (unpaired) electrons. The van der Waals surface area contributed by atoms with Gasteiger partial charge in [0.2, 0.25) is 5.91 Å². The lowest BCUT2D eigenvalue weighted by atomic mass is 9.96. The molecule has 2 aromatic heterocycles. The number of fused-ring (bicyclic) bond motifs is 1. The first-order valence-electron chi connectivity index (χ1n) is 6.53. The molecular weight excluding hydrogens is 294 g/mol. The van der Waals surface area contributed by atoms with Crippen LogP contribution in [0.15, 0.2) is 29.6 Å². The van der Waals surface area contributed by atoms with E-state index in [9.17, 15) is 13.2 Å². The molecule has 8 nitrogen and oxygen atoms in total. The number of rotatable bonds is 3. The zero-order valence-corrected chi connectivity index (χ0v) is 12.2. The van der Waals surface area contributed by atoms with Gasteiger partial charge in [-0.05, 0) is 18.6 Å². The molecule has 3 rings (SSSR count). The number of hydrogen-bond donors (Lipinski definition) is 1. The number of aromatic nitrogens is 4. The highest BCUT2D eigenvalue weighted by Gasteiger charge is 2.29. The molecule has 3 heterocycles. The molecule has 9 heteroatoms. The molecule has 2 aromatic rings. The fourth-order valence-electron chi connectivity index (χ4n) is 2.47. The summed E-state index contributed by atoms with van der Waals surface area (Å²) in [7, 11) is -2.22. The molecule has 112 valence electrons. The third-order valence-corrected chi connectivity index (χ3v) is 5.06. The normalized spacial score (nSPS) is 18.2. The Hall–Kier alpha value is -2.16. The van der Waals surface area contributed by atoms with Gasteiger partial charge in [-0.15, -0.1) is 5.10 Å². The first kappa shape index (κ1) is 13.8. The Morgan fingerprint density at radius 1 is 1.48 bits per heavy atom. The highest BCUT2D eigenvalue weighted by molar-refractivity contribution is 7.90. The van der Waals surface area contributed by atoms with E-state index in [4.69, 9.17) is 0 Å². The topological polar surface area (TPSA) is 98.9 Å². The Balaban J connectivity index is 1.74. The van der Waals surface area contributed by atoms with Crippen molar-refractivity contribution in [3.05, 3.63) is 30.2 Å². The Labute approximate surface area is 121 Å². The average molecular weight is 309 g/mol. The molecule has 1 amide bonds. The minimum atomic E-state index is -3.83. The second-order valence-electron chi connectivity index (χ2n) is 5.07. The first-order valence-corrected chi connectivity index (χ1v) is 8.01. The molecule has 21 heavy (non-hydrogen) atoms. The van der Waals surface area contributed by atoms with Crippen LogP contribution in [0, 0.1) is 5.92 Å². The third-order valence-electron chi connectivity index (χ3n) is 3.62. The van der Waals surface area contributed by atoms with E-state index < -0.39 is 15.9 Å². The van der Waals surface area contributed by atoms with Gasteiger partial charge in [0.05, 0.1) is 11.9 Å². The van der Waals surface area contributed by atoms with Crippen molar-refractivity contribution in [1.82, 2.24) is 24.3 Å². The van der Waals surface area contributed by atoms with E-state index in [1.165, 1.54) is 10.6 Å². The molecule has 0 fully saturated rings. The van der Waals surface area contributed by atoms with Gasteiger partial charge in [0, 0.05) is 32.1 Å². The molecule has 1 unspecified atom stereocenters. The van der Waals surface area contributed by atoms with E-state index in [0.717, 1.165) is 5.69 Å². The number of nitrogens with zero attached hydrogens (tertiary/aromatic N) is 4. The van der Waals surface area contributed by atoms with E-state index in [-0.39, 0.29) is 10.9 Å². The summed E-state index contributed by atoms with van der Waals surface area (Å²) in [5.41, 5.74) is 0.845. The number of aryl methyl sites for hydroxylation is 2. The summed E-state index contributed by atoms with van der Waals surface area (Å²) in [5.74, 6) is -0.866. The number of amides is 1. The van der Waals surface area contributed by atoms with Crippen LogP contribution in [0.4, 0.5) is 0 Å². The predicted octanol–water partition coefficient (Wildman–Crippen LogP) is -0.316. The third kappa shape index (κ3) is 2.56. The Morgan fingerprint density at radius 2 is 2.29 bits per heavy atom. The number of hydrogen-bond acceptors (Lipinski definition) is 5. The van der Waals surface area contributed by atoms with Crippen LogP contribution in [0.5, 0.6) is 0 Å². The predicted molar refractivity (Wildman–Crippen MR) is 72.6 cm³/mol. The second-order valence-corrected chi connectivity index (χ2v) is 6.69. The summed E-state index contributed by atoms with van der Waals surface area (Å²) in [5, 5.41) is 7.74. The van der Waals surface area contributed by atoms with Crippen molar-refractivity contribution >= 4 is 15.9 Å². The SMILES string of the molecule is Cn1cccc1S(=O)(=O)NC(=O)C1CCn2nncc2C1. The van der Waals surface area contributed by atoms with Crippen molar-refractivity contribution in [3.63, 3.8) is 0 Å². The van der Waals surface area contributed by atoms with Gasteiger partial charge in [-0.2, -0.15) is 8.42 Å². The van der Waals surface area contributed by atoms with Crippen LogP contribution in [0.25, 0.3) is 0 Å². The van der Waals surface area contributed by atoms with Crippen LogP contribution in [0.3, 0.4) is 0 Å². The Kier molecular flexibility index (Phi) is 3.28. The maximum atomic E-state index is 12.2. The minimum absolute atomic E-state index is 0.0679. The zero-order chi connectivity index (χ0) is 15.0. The number of nitrogens with one attached hydrogen (secondary N) is 1. The van der Waals surface area contributed by atoms with Crippen molar-refractivity contribution in [2.45, 2.75) is 24.4 Å². The standard InChI is InChI=1S/C12H15N5O3S/c1-16-5-2-3-11(16)21(19,20)14-12(18)9-4-6-17-10(7-9)8-13-15-17/h2-3,5,8-9H,4,6-7H2,1H3,(H,14,18). The summed E-state index contributed by atoms with van der Waals surface area (Å²) >= 11 is 0. The highest BCUT2D eigenvalue weighted by atomic mass is 32.2. The molecule has 0 aliphatic carbocycles. The monoisotopic (exact) mass is 309 g/mol. The summed E-state index contributed by atoms with van der Waals surface area (Å²) < 4.78 is 29.7. The summed E-state index contributed by atoms with van der Waals surface area (Å²) in [6.45, 7) is 0.567. The average Bonchev–Trinajstić information content (AvgIpc) is 3.05. The lowest BCUT2D eigenvalue weighted by Crippen LogP contribution is -2.39. The van der Waals surface area contributed by atoms with Crippen molar-refractivity contribution < 1.29 is 13.2 Å². The number of carbonyl (C=O) groups excluding carboxylic acids is 1. The zero-order valence-electron chi connectivity index (χ0n) is 11.4. The fraction of sp³-hybridized carbons (Fsp3) is 0.417. The molecule has 1 atom stereocenters. The van der Waals surface area contributed by atoms with Crippen LogP contribution >= 0.6 is 0 Å².